The Balaban J connectivity index is 1.28. The molecule has 0 bridgehead atoms. The van der Waals surface area contributed by atoms with Gasteiger partial charge in [-0.25, -0.2) is 8.78 Å². The fraction of sp³-hybridized carbons (Fsp3) is 0.333. The topological polar surface area (TPSA) is 79.8 Å². The highest BCUT2D eigenvalue weighted by molar-refractivity contribution is 5.95. The molecule has 1 aromatic carbocycles. The van der Waals surface area contributed by atoms with Gasteiger partial charge in [-0.2, -0.15) is 0 Å². The molecule has 2 fully saturated rings. The maximum Gasteiger partial charge on any atom is 0.251 e. The number of carbonyl (C=O) groups excluding carboxylic acids is 1. The maximum atomic E-state index is 14.3. The molecule has 164 valence electrons. The number of alkyl halides is 1. The predicted molar refractivity (Wildman–Crippen MR) is 116 cm³/mol. The second-order valence-corrected chi connectivity index (χ2v) is 8.61. The van der Waals surface area contributed by atoms with Crippen molar-refractivity contribution in [3.05, 3.63) is 71.8 Å². The molecule has 0 atom stereocenters. The normalized spacial score (nSPS) is 22.1. The van der Waals surface area contributed by atoms with Crippen LogP contribution in [0.3, 0.4) is 0 Å². The van der Waals surface area contributed by atoms with Gasteiger partial charge < -0.3 is 10.6 Å². The minimum Gasteiger partial charge on any atom is -0.368 e. The van der Waals surface area contributed by atoms with Crippen molar-refractivity contribution in [2.75, 3.05) is 11.9 Å². The van der Waals surface area contributed by atoms with Crippen LogP contribution in [0.5, 0.6) is 0 Å². The first-order chi connectivity index (χ1) is 15.5. The Kier molecular flexibility index (Phi) is 5.28. The lowest BCUT2D eigenvalue weighted by atomic mass is 9.65. The summed E-state index contributed by atoms with van der Waals surface area (Å²) in [5.74, 6) is 0.00181. The van der Waals surface area contributed by atoms with E-state index in [1.165, 1.54) is 18.3 Å². The fourth-order valence-corrected chi connectivity index (χ4v) is 4.14. The van der Waals surface area contributed by atoms with Gasteiger partial charge in [-0.3, -0.25) is 9.78 Å². The molecular formula is C24H23F2N5O. The zero-order valence-corrected chi connectivity index (χ0v) is 17.4. The first kappa shape index (κ1) is 20.5. The molecule has 2 aliphatic rings. The van der Waals surface area contributed by atoms with Crippen molar-refractivity contribution in [3.63, 3.8) is 0 Å². The number of hydrogen-bond acceptors (Lipinski definition) is 5. The second-order valence-electron chi connectivity index (χ2n) is 8.61. The molecule has 1 amide bonds. The Morgan fingerprint density at radius 3 is 2.62 bits per heavy atom. The molecule has 0 unspecified atom stereocenters. The van der Waals surface area contributed by atoms with Crippen molar-refractivity contribution in [1.29, 1.82) is 0 Å². The number of hydrogen-bond donors (Lipinski definition) is 2. The zero-order valence-electron chi connectivity index (χ0n) is 17.4. The zero-order chi connectivity index (χ0) is 22.1. The molecule has 6 nitrogen and oxygen atoms in total. The second kappa shape index (κ2) is 8.26. The van der Waals surface area contributed by atoms with Gasteiger partial charge in [0.2, 0.25) is 0 Å². The van der Waals surface area contributed by atoms with Gasteiger partial charge in [-0.1, -0.05) is 12.1 Å². The minimum absolute atomic E-state index is 0.0840. The third-order valence-electron chi connectivity index (χ3n) is 6.09. The number of halogens is 2. The average Bonchev–Trinajstić information content (AvgIpc) is 3.61. The molecule has 3 aromatic rings. The van der Waals surface area contributed by atoms with Crippen LogP contribution in [0.25, 0.3) is 11.3 Å². The van der Waals surface area contributed by atoms with Gasteiger partial charge >= 0.3 is 0 Å². The van der Waals surface area contributed by atoms with Crippen LogP contribution in [0.1, 0.15) is 41.7 Å². The third kappa shape index (κ3) is 4.17. The van der Waals surface area contributed by atoms with Crippen LogP contribution in [0.2, 0.25) is 0 Å². The molecule has 2 heterocycles. The van der Waals surface area contributed by atoms with Crippen LogP contribution in [0.15, 0.2) is 54.7 Å². The summed E-state index contributed by atoms with van der Waals surface area (Å²) in [6.07, 6.45) is 3.07. The first-order valence-electron chi connectivity index (χ1n) is 10.8. The molecule has 32 heavy (non-hydrogen) atoms. The Morgan fingerprint density at radius 2 is 1.94 bits per heavy atom. The molecular weight excluding hydrogens is 412 g/mol. The summed E-state index contributed by atoms with van der Waals surface area (Å²) in [5.41, 5.74) is 1.60. The summed E-state index contributed by atoms with van der Waals surface area (Å²) in [6, 6.07) is 14.0. The van der Waals surface area contributed by atoms with Crippen LogP contribution in [0.4, 0.5) is 14.6 Å². The number of anilines is 1. The lowest BCUT2D eigenvalue weighted by Gasteiger charge is -2.44. The molecule has 2 aromatic heterocycles. The van der Waals surface area contributed by atoms with Crippen LogP contribution in [-0.2, 0) is 5.41 Å². The average molecular weight is 435 g/mol. The van der Waals surface area contributed by atoms with Crippen LogP contribution in [0, 0.1) is 5.82 Å². The summed E-state index contributed by atoms with van der Waals surface area (Å²) in [5, 5.41) is 14.6. The van der Waals surface area contributed by atoms with Crippen molar-refractivity contribution in [2.45, 2.75) is 43.3 Å². The molecule has 2 N–H and O–H groups in total. The van der Waals surface area contributed by atoms with Gasteiger partial charge in [0.25, 0.3) is 5.91 Å². The number of rotatable bonds is 7. The summed E-state index contributed by atoms with van der Waals surface area (Å²) in [7, 11) is 0. The number of carbonyl (C=O) groups is 1. The highest BCUT2D eigenvalue weighted by Gasteiger charge is 2.48. The Hall–Kier alpha value is -3.42. The summed E-state index contributed by atoms with van der Waals surface area (Å²) < 4.78 is 28.0. The van der Waals surface area contributed by atoms with Crippen molar-refractivity contribution in [2.24, 2.45) is 0 Å². The molecule has 0 aliphatic heterocycles. The number of nitrogens with zero attached hydrogens (tertiary/aromatic N) is 3. The van der Waals surface area contributed by atoms with E-state index in [0.717, 1.165) is 18.4 Å². The van der Waals surface area contributed by atoms with Gasteiger partial charge in [0, 0.05) is 35.3 Å². The smallest absolute Gasteiger partial charge is 0.251 e. The lowest BCUT2D eigenvalue weighted by molar-refractivity contribution is 0.0949. The maximum absolute atomic E-state index is 14.3. The van der Waals surface area contributed by atoms with Gasteiger partial charge in [0.15, 0.2) is 0 Å². The van der Waals surface area contributed by atoms with Crippen molar-refractivity contribution >= 4 is 11.7 Å². The van der Waals surface area contributed by atoms with E-state index in [1.807, 2.05) is 12.1 Å². The summed E-state index contributed by atoms with van der Waals surface area (Å²) in [4.78, 5) is 16.5. The Morgan fingerprint density at radius 1 is 1.09 bits per heavy atom. The van der Waals surface area contributed by atoms with Crippen molar-refractivity contribution < 1.29 is 13.6 Å². The number of aromatic nitrogens is 3. The molecule has 5 rings (SSSR count). The summed E-state index contributed by atoms with van der Waals surface area (Å²) >= 11 is 0. The number of benzene rings is 1. The van der Waals surface area contributed by atoms with Crippen molar-refractivity contribution in [3.8, 4) is 11.3 Å². The van der Waals surface area contributed by atoms with E-state index in [2.05, 4.69) is 25.8 Å². The van der Waals surface area contributed by atoms with Crippen LogP contribution >= 0.6 is 0 Å². The minimum atomic E-state index is -0.962. The largest absolute Gasteiger partial charge is 0.368 e. The predicted octanol–water partition coefficient (Wildman–Crippen LogP) is 4.05. The van der Waals surface area contributed by atoms with Crippen LogP contribution in [-0.4, -0.2) is 39.8 Å². The van der Waals surface area contributed by atoms with E-state index in [4.69, 9.17) is 0 Å². The van der Waals surface area contributed by atoms with E-state index >= 15 is 0 Å². The molecule has 2 aliphatic carbocycles. The van der Waals surface area contributed by atoms with E-state index in [0.29, 0.717) is 29.7 Å². The molecule has 2 saturated carbocycles. The number of amides is 1. The summed E-state index contributed by atoms with van der Waals surface area (Å²) in [6.45, 7) is 0.312. The van der Waals surface area contributed by atoms with Gasteiger partial charge in [0.05, 0.1) is 11.4 Å². The highest BCUT2D eigenvalue weighted by Crippen LogP contribution is 2.45. The first-order valence-corrected chi connectivity index (χ1v) is 10.8. The van der Waals surface area contributed by atoms with Gasteiger partial charge in [0.1, 0.15) is 17.8 Å². The Labute approximate surface area is 184 Å². The highest BCUT2D eigenvalue weighted by atomic mass is 19.1. The van der Waals surface area contributed by atoms with E-state index in [9.17, 15) is 13.6 Å². The van der Waals surface area contributed by atoms with E-state index < -0.39 is 17.4 Å². The molecule has 0 spiro atoms. The lowest BCUT2D eigenvalue weighted by Crippen LogP contribution is -2.49. The Bertz CT molecular complexity index is 1130. The van der Waals surface area contributed by atoms with Gasteiger partial charge in [-0.15, -0.1) is 10.2 Å². The van der Waals surface area contributed by atoms with E-state index in [-0.39, 0.29) is 24.4 Å². The third-order valence-corrected chi connectivity index (χ3v) is 6.09. The quantitative estimate of drug-likeness (QED) is 0.585. The monoisotopic (exact) mass is 435 g/mol. The number of nitrogens with one attached hydrogen (secondary N) is 2. The SMILES string of the molecule is O=C(NC1CC1)c1cccc(-c2ccc(NCC3(c4ncccc4F)CC(F)C3)nn2)c1. The van der Waals surface area contributed by atoms with Gasteiger partial charge in [-0.05, 0) is 62.1 Å². The number of pyridine rings is 1. The molecule has 8 heteroatoms. The fourth-order valence-electron chi connectivity index (χ4n) is 4.14. The van der Waals surface area contributed by atoms with E-state index in [1.54, 1.807) is 24.3 Å². The molecule has 0 saturated heterocycles. The van der Waals surface area contributed by atoms with Crippen LogP contribution < -0.4 is 10.6 Å². The standard InChI is InChI=1S/C24H23F2N5O/c25-17-12-24(13-17,22-19(26)5-2-10-27-22)14-28-21-9-8-20(30-31-21)15-3-1-4-16(11-15)23(32)29-18-6-7-18/h1-5,8-11,17-18H,6-7,12-14H2,(H,28,31)(H,29,32). The van der Waals surface area contributed by atoms with Crippen molar-refractivity contribution in [1.82, 2.24) is 20.5 Å². The molecule has 0 radical (unpaired) electrons.